The summed E-state index contributed by atoms with van der Waals surface area (Å²) in [6, 6.07) is 0.472. The molecule has 1 aromatic heterocycles. The summed E-state index contributed by atoms with van der Waals surface area (Å²) in [7, 11) is 1.75. The Morgan fingerprint density at radius 1 is 1.30 bits per heavy atom. The van der Waals surface area contributed by atoms with Gasteiger partial charge >= 0.3 is 6.01 Å². The number of hydrogen-bond donors (Lipinski definition) is 2. The van der Waals surface area contributed by atoms with Crippen LogP contribution in [0.2, 0.25) is 0 Å². The Morgan fingerprint density at radius 3 is 2.60 bits per heavy atom. The summed E-state index contributed by atoms with van der Waals surface area (Å²) >= 11 is 0. The molecule has 0 saturated carbocycles. The lowest BCUT2D eigenvalue weighted by Gasteiger charge is -2.15. The van der Waals surface area contributed by atoms with Crippen LogP contribution in [0.25, 0.3) is 0 Å². The summed E-state index contributed by atoms with van der Waals surface area (Å²) in [5.41, 5.74) is 0. The van der Waals surface area contributed by atoms with Crippen LogP contribution in [0, 0.1) is 5.92 Å². The number of nitrogens with zero attached hydrogens (tertiary/aromatic N) is 3. The molecule has 0 aliphatic carbocycles. The molecule has 0 saturated heterocycles. The number of amides is 1. The van der Waals surface area contributed by atoms with Gasteiger partial charge in [0.25, 0.3) is 0 Å². The Labute approximate surface area is 120 Å². The number of carbonyl (C=O) groups excluding carboxylic acids is 1. The van der Waals surface area contributed by atoms with E-state index in [9.17, 15) is 4.79 Å². The second-order valence-electron chi connectivity index (χ2n) is 5.58. The standard InChI is InChI=1S/C13H25N5O2/c1-9(2)6-14-7-12-16-17-13(20-12)18(5)8-11(19)15-10(3)4/h9-10,14H,6-8H2,1-5H3,(H,15,19). The van der Waals surface area contributed by atoms with Crippen molar-refractivity contribution >= 4 is 11.9 Å². The van der Waals surface area contributed by atoms with Crippen LogP contribution in [-0.2, 0) is 11.3 Å². The highest BCUT2D eigenvalue weighted by molar-refractivity contribution is 5.80. The van der Waals surface area contributed by atoms with E-state index in [1.54, 1.807) is 11.9 Å². The van der Waals surface area contributed by atoms with Crippen LogP contribution in [0.4, 0.5) is 6.01 Å². The highest BCUT2D eigenvalue weighted by atomic mass is 16.4. The van der Waals surface area contributed by atoms with Gasteiger partial charge in [-0.1, -0.05) is 18.9 Å². The third-order valence-electron chi connectivity index (χ3n) is 2.44. The van der Waals surface area contributed by atoms with Gasteiger partial charge in [-0.25, -0.2) is 0 Å². The van der Waals surface area contributed by atoms with Gasteiger partial charge in [0.1, 0.15) is 6.54 Å². The van der Waals surface area contributed by atoms with Crippen LogP contribution in [0.15, 0.2) is 4.42 Å². The molecule has 0 bridgehead atoms. The fourth-order valence-corrected chi connectivity index (χ4v) is 1.59. The second-order valence-corrected chi connectivity index (χ2v) is 5.58. The van der Waals surface area contributed by atoms with E-state index in [4.69, 9.17) is 4.42 Å². The maximum atomic E-state index is 11.6. The summed E-state index contributed by atoms with van der Waals surface area (Å²) in [5.74, 6) is 1.02. The lowest BCUT2D eigenvalue weighted by Crippen LogP contribution is -2.38. The molecule has 0 aliphatic heterocycles. The van der Waals surface area contributed by atoms with E-state index in [2.05, 4.69) is 34.7 Å². The number of anilines is 1. The van der Waals surface area contributed by atoms with Crippen molar-refractivity contribution in [2.24, 2.45) is 5.92 Å². The Kier molecular flexibility index (Phi) is 6.44. The second kappa shape index (κ2) is 7.84. The molecule has 0 radical (unpaired) electrons. The van der Waals surface area contributed by atoms with Crippen molar-refractivity contribution in [3.05, 3.63) is 5.89 Å². The number of rotatable bonds is 8. The Bertz CT molecular complexity index is 417. The molecule has 0 unspecified atom stereocenters. The van der Waals surface area contributed by atoms with Gasteiger partial charge in [0, 0.05) is 13.1 Å². The minimum atomic E-state index is -0.0693. The van der Waals surface area contributed by atoms with E-state index in [0.29, 0.717) is 24.4 Å². The third kappa shape index (κ3) is 6.01. The van der Waals surface area contributed by atoms with Crippen LogP contribution in [0.5, 0.6) is 0 Å². The highest BCUT2D eigenvalue weighted by Gasteiger charge is 2.14. The Hall–Kier alpha value is -1.63. The van der Waals surface area contributed by atoms with Crippen LogP contribution in [0.1, 0.15) is 33.6 Å². The molecule has 7 nitrogen and oxygen atoms in total. The van der Waals surface area contributed by atoms with Crippen molar-refractivity contribution in [2.45, 2.75) is 40.3 Å². The van der Waals surface area contributed by atoms with E-state index < -0.39 is 0 Å². The fraction of sp³-hybridized carbons (Fsp3) is 0.769. The lowest BCUT2D eigenvalue weighted by atomic mass is 10.2. The predicted molar refractivity (Wildman–Crippen MR) is 77.4 cm³/mol. The molecule has 1 amide bonds. The van der Waals surface area contributed by atoms with Crippen LogP contribution in [-0.4, -0.2) is 42.3 Å². The van der Waals surface area contributed by atoms with Gasteiger partial charge in [0.2, 0.25) is 11.8 Å². The molecular weight excluding hydrogens is 258 g/mol. The molecule has 1 heterocycles. The Balaban J connectivity index is 2.43. The number of hydrogen-bond acceptors (Lipinski definition) is 6. The maximum Gasteiger partial charge on any atom is 0.318 e. The fourth-order valence-electron chi connectivity index (χ4n) is 1.59. The maximum absolute atomic E-state index is 11.6. The van der Waals surface area contributed by atoms with Gasteiger partial charge in [-0.2, -0.15) is 0 Å². The largest absolute Gasteiger partial charge is 0.407 e. The smallest absolute Gasteiger partial charge is 0.318 e. The monoisotopic (exact) mass is 283 g/mol. The molecule has 1 rings (SSSR count). The topological polar surface area (TPSA) is 83.3 Å². The minimum Gasteiger partial charge on any atom is -0.407 e. The van der Waals surface area contributed by atoms with Gasteiger partial charge in [0.15, 0.2) is 0 Å². The summed E-state index contributed by atoms with van der Waals surface area (Å²) in [6.45, 7) is 9.73. The highest BCUT2D eigenvalue weighted by Crippen LogP contribution is 2.09. The zero-order valence-corrected chi connectivity index (χ0v) is 12.9. The molecule has 0 atom stereocenters. The average Bonchev–Trinajstić information content (AvgIpc) is 2.75. The van der Waals surface area contributed by atoms with Crippen molar-refractivity contribution in [1.29, 1.82) is 0 Å². The first kappa shape index (κ1) is 16.4. The number of aromatic nitrogens is 2. The molecule has 0 fully saturated rings. The molecule has 0 aromatic carbocycles. The molecule has 2 N–H and O–H groups in total. The van der Waals surface area contributed by atoms with E-state index in [1.165, 1.54) is 0 Å². The molecule has 0 aliphatic rings. The van der Waals surface area contributed by atoms with Crippen molar-refractivity contribution in [1.82, 2.24) is 20.8 Å². The molecule has 20 heavy (non-hydrogen) atoms. The first-order valence-corrected chi connectivity index (χ1v) is 6.92. The van der Waals surface area contributed by atoms with E-state index in [-0.39, 0.29) is 18.5 Å². The van der Waals surface area contributed by atoms with Gasteiger partial charge in [-0.15, -0.1) is 5.10 Å². The quantitative estimate of drug-likeness (QED) is 0.733. The molecule has 0 spiro atoms. The van der Waals surface area contributed by atoms with Gasteiger partial charge < -0.3 is 20.0 Å². The van der Waals surface area contributed by atoms with Crippen molar-refractivity contribution in [3.63, 3.8) is 0 Å². The molecule has 7 heteroatoms. The van der Waals surface area contributed by atoms with Crippen molar-refractivity contribution in [2.75, 3.05) is 25.0 Å². The van der Waals surface area contributed by atoms with Crippen LogP contribution < -0.4 is 15.5 Å². The van der Waals surface area contributed by atoms with Gasteiger partial charge in [-0.3, -0.25) is 4.79 Å². The summed E-state index contributed by atoms with van der Waals surface area (Å²) in [5, 5.41) is 13.9. The zero-order chi connectivity index (χ0) is 15.1. The van der Waals surface area contributed by atoms with Crippen LogP contribution >= 0.6 is 0 Å². The Morgan fingerprint density at radius 2 is 2.00 bits per heavy atom. The van der Waals surface area contributed by atoms with Gasteiger partial charge in [-0.05, 0) is 26.3 Å². The SMILES string of the molecule is CC(C)CNCc1nnc(N(C)CC(=O)NC(C)C)o1. The molecular formula is C13H25N5O2. The number of nitrogens with one attached hydrogen (secondary N) is 2. The summed E-state index contributed by atoms with van der Waals surface area (Å²) < 4.78 is 5.49. The van der Waals surface area contributed by atoms with E-state index in [1.807, 2.05) is 13.8 Å². The van der Waals surface area contributed by atoms with E-state index >= 15 is 0 Å². The van der Waals surface area contributed by atoms with Crippen LogP contribution in [0.3, 0.4) is 0 Å². The first-order chi connectivity index (χ1) is 9.38. The summed E-state index contributed by atoms with van der Waals surface area (Å²) in [6.07, 6.45) is 0. The van der Waals surface area contributed by atoms with Gasteiger partial charge in [0.05, 0.1) is 6.54 Å². The predicted octanol–water partition coefficient (Wildman–Crippen LogP) is 0.776. The minimum absolute atomic E-state index is 0.0693. The zero-order valence-electron chi connectivity index (χ0n) is 12.9. The normalized spacial score (nSPS) is 11.2. The first-order valence-electron chi connectivity index (χ1n) is 6.92. The van der Waals surface area contributed by atoms with Crippen molar-refractivity contribution in [3.8, 4) is 0 Å². The van der Waals surface area contributed by atoms with E-state index in [0.717, 1.165) is 6.54 Å². The van der Waals surface area contributed by atoms with Crippen molar-refractivity contribution < 1.29 is 9.21 Å². The number of carbonyl (C=O) groups is 1. The molecule has 1 aromatic rings. The average molecular weight is 283 g/mol. The summed E-state index contributed by atoms with van der Waals surface area (Å²) in [4.78, 5) is 13.3. The number of likely N-dealkylation sites (N-methyl/N-ethyl adjacent to an activating group) is 1. The molecule has 114 valence electrons. The third-order valence-corrected chi connectivity index (χ3v) is 2.44. The lowest BCUT2D eigenvalue weighted by molar-refractivity contribution is -0.120.